The smallest absolute Gasteiger partial charge is 0.244 e. The highest BCUT2D eigenvalue weighted by molar-refractivity contribution is 5.96. The Labute approximate surface area is 177 Å². The van der Waals surface area contributed by atoms with Gasteiger partial charge in [0.05, 0.1) is 18.6 Å². The van der Waals surface area contributed by atoms with Crippen molar-refractivity contribution in [3.05, 3.63) is 78.0 Å². The summed E-state index contributed by atoms with van der Waals surface area (Å²) in [4.78, 5) is 12.2. The molecule has 154 valence electrons. The standard InChI is InChI=1S/C25H27N3O2/c1-20(21-9-3-2-4-10-21)30-18-8-16-27-25(29)14-13-22-19-28(17-7-15-26)24-12-6-5-11-23(22)24/h2-6,9-14,19-20H,7-8,16-18H2,1H3,(H,27,29)/b14-13-/t20-/m1/s1. The van der Waals surface area contributed by atoms with Crippen LogP contribution in [0.5, 0.6) is 0 Å². The fourth-order valence-corrected chi connectivity index (χ4v) is 3.35. The highest BCUT2D eigenvalue weighted by Gasteiger charge is 2.07. The monoisotopic (exact) mass is 401 g/mol. The number of carbonyl (C=O) groups is 1. The van der Waals surface area contributed by atoms with Crippen LogP contribution in [0.2, 0.25) is 0 Å². The van der Waals surface area contributed by atoms with Gasteiger partial charge in [-0.25, -0.2) is 0 Å². The molecule has 1 aromatic heterocycles. The Kier molecular flexibility index (Phi) is 7.82. The van der Waals surface area contributed by atoms with Gasteiger partial charge in [-0.3, -0.25) is 4.79 Å². The maximum Gasteiger partial charge on any atom is 0.244 e. The predicted molar refractivity (Wildman–Crippen MR) is 120 cm³/mol. The van der Waals surface area contributed by atoms with Crippen LogP contribution in [-0.4, -0.2) is 23.6 Å². The molecule has 30 heavy (non-hydrogen) atoms. The number of nitriles is 1. The van der Waals surface area contributed by atoms with Crippen LogP contribution < -0.4 is 5.32 Å². The largest absolute Gasteiger partial charge is 0.374 e. The molecular weight excluding hydrogens is 374 g/mol. The lowest BCUT2D eigenvalue weighted by atomic mass is 10.1. The summed E-state index contributed by atoms with van der Waals surface area (Å²) in [5.41, 5.74) is 3.19. The average Bonchev–Trinajstić information content (AvgIpc) is 3.14. The molecule has 1 amide bonds. The molecule has 1 atom stereocenters. The minimum absolute atomic E-state index is 0.0418. The van der Waals surface area contributed by atoms with Crippen LogP contribution in [0.4, 0.5) is 0 Å². The third-order valence-electron chi connectivity index (χ3n) is 4.96. The fraction of sp³-hybridized carbons (Fsp3) is 0.280. The zero-order valence-corrected chi connectivity index (χ0v) is 17.3. The Morgan fingerprint density at radius 1 is 1.20 bits per heavy atom. The quantitative estimate of drug-likeness (QED) is 0.390. The van der Waals surface area contributed by atoms with Crippen LogP contribution in [0.25, 0.3) is 17.0 Å². The summed E-state index contributed by atoms with van der Waals surface area (Å²) in [5.74, 6) is -0.125. The van der Waals surface area contributed by atoms with Crippen LogP contribution in [0.1, 0.15) is 37.0 Å². The number of nitrogens with one attached hydrogen (secondary N) is 1. The molecule has 0 radical (unpaired) electrons. The predicted octanol–water partition coefficient (Wildman–Crippen LogP) is 4.85. The average molecular weight is 402 g/mol. The molecule has 3 aromatic rings. The van der Waals surface area contributed by atoms with Gasteiger partial charge in [0, 0.05) is 48.4 Å². The van der Waals surface area contributed by atoms with E-state index in [-0.39, 0.29) is 12.0 Å². The first-order valence-electron chi connectivity index (χ1n) is 10.3. The second-order valence-corrected chi connectivity index (χ2v) is 7.10. The first-order chi connectivity index (χ1) is 14.7. The van der Waals surface area contributed by atoms with E-state index in [2.05, 4.69) is 28.1 Å². The summed E-state index contributed by atoms with van der Waals surface area (Å²) in [6, 6.07) is 20.3. The highest BCUT2D eigenvalue weighted by Crippen LogP contribution is 2.22. The Morgan fingerprint density at radius 3 is 2.77 bits per heavy atom. The van der Waals surface area contributed by atoms with Crippen molar-refractivity contribution in [2.75, 3.05) is 13.2 Å². The van der Waals surface area contributed by atoms with Crippen molar-refractivity contribution in [1.82, 2.24) is 9.88 Å². The van der Waals surface area contributed by atoms with Gasteiger partial charge >= 0.3 is 0 Å². The van der Waals surface area contributed by atoms with E-state index in [1.165, 1.54) is 0 Å². The van der Waals surface area contributed by atoms with Gasteiger partial charge in [-0.2, -0.15) is 5.26 Å². The molecule has 0 bridgehead atoms. The van der Waals surface area contributed by atoms with E-state index in [1.807, 2.05) is 61.7 Å². The van der Waals surface area contributed by atoms with Crippen LogP contribution in [0, 0.1) is 11.3 Å². The number of aromatic nitrogens is 1. The number of fused-ring (bicyclic) bond motifs is 1. The molecular formula is C25H27N3O2. The van der Waals surface area contributed by atoms with E-state index in [0.717, 1.165) is 28.5 Å². The molecule has 0 fully saturated rings. The topological polar surface area (TPSA) is 67.0 Å². The van der Waals surface area contributed by atoms with E-state index in [4.69, 9.17) is 10.00 Å². The lowest BCUT2D eigenvalue weighted by molar-refractivity contribution is -0.116. The summed E-state index contributed by atoms with van der Waals surface area (Å²) in [7, 11) is 0. The van der Waals surface area contributed by atoms with Crippen molar-refractivity contribution < 1.29 is 9.53 Å². The van der Waals surface area contributed by atoms with Gasteiger partial charge in [-0.1, -0.05) is 48.5 Å². The summed E-state index contributed by atoms with van der Waals surface area (Å²) >= 11 is 0. The van der Waals surface area contributed by atoms with Gasteiger partial charge in [0.2, 0.25) is 5.91 Å². The number of benzene rings is 2. The number of para-hydroxylation sites is 1. The molecule has 0 unspecified atom stereocenters. The minimum atomic E-state index is -0.125. The SMILES string of the molecule is C[C@@H](OCCCNC(=O)/C=C\c1cn(CCC#N)c2ccccc12)c1ccccc1. The number of ether oxygens (including phenoxy) is 1. The van der Waals surface area contributed by atoms with Crippen molar-refractivity contribution >= 4 is 22.9 Å². The molecule has 2 aromatic carbocycles. The second-order valence-electron chi connectivity index (χ2n) is 7.10. The van der Waals surface area contributed by atoms with E-state index >= 15 is 0 Å². The molecule has 1 heterocycles. The van der Waals surface area contributed by atoms with Gasteiger partial charge in [-0.15, -0.1) is 0 Å². The molecule has 0 saturated heterocycles. The highest BCUT2D eigenvalue weighted by atomic mass is 16.5. The van der Waals surface area contributed by atoms with Crippen LogP contribution in [0.3, 0.4) is 0 Å². The minimum Gasteiger partial charge on any atom is -0.374 e. The number of carbonyl (C=O) groups excluding carboxylic acids is 1. The van der Waals surface area contributed by atoms with Crippen molar-refractivity contribution in [2.45, 2.75) is 32.4 Å². The third-order valence-corrected chi connectivity index (χ3v) is 4.96. The Balaban J connectivity index is 1.46. The summed E-state index contributed by atoms with van der Waals surface area (Å²) in [5, 5.41) is 12.8. The zero-order chi connectivity index (χ0) is 21.2. The lowest BCUT2D eigenvalue weighted by Gasteiger charge is -2.13. The van der Waals surface area contributed by atoms with Crippen LogP contribution in [0.15, 0.2) is 66.9 Å². The van der Waals surface area contributed by atoms with Gasteiger partial charge in [0.25, 0.3) is 0 Å². The second kappa shape index (κ2) is 11.0. The first-order valence-corrected chi connectivity index (χ1v) is 10.3. The first kappa shape index (κ1) is 21.4. The zero-order valence-electron chi connectivity index (χ0n) is 17.3. The van der Waals surface area contributed by atoms with Gasteiger partial charge < -0.3 is 14.6 Å². The molecule has 0 aliphatic carbocycles. The van der Waals surface area contributed by atoms with Crippen molar-refractivity contribution in [3.63, 3.8) is 0 Å². The van der Waals surface area contributed by atoms with E-state index in [1.54, 1.807) is 6.08 Å². The molecule has 0 aliphatic rings. The van der Waals surface area contributed by atoms with E-state index in [9.17, 15) is 4.79 Å². The van der Waals surface area contributed by atoms with Crippen LogP contribution in [-0.2, 0) is 16.1 Å². The molecule has 5 heteroatoms. The Bertz CT molecular complexity index is 1030. The van der Waals surface area contributed by atoms with E-state index in [0.29, 0.717) is 26.1 Å². The van der Waals surface area contributed by atoms with Gasteiger partial charge in [-0.05, 0) is 31.1 Å². The van der Waals surface area contributed by atoms with Crippen molar-refractivity contribution in [3.8, 4) is 6.07 Å². The molecule has 0 saturated carbocycles. The number of nitrogens with zero attached hydrogens (tertiary/aromatic N) is 2. The number of rotatable bonds is 10. The number of hydrogen-bond donors (Lipinski definition) is 1. The Hall–Kier alpha value is -3.36. The Morgan fingerprint density at radius 2 is 1.97 bits per heavy atom. The molecule has 0 spiro atoms. The normalized spacial score (nSPS) is 12.1. The molecule has 3 rings (SSSR count). The van der Waals surface area contributed by atoms with Crippen molar-refractivity contribution in [2.24, 2.45) is 0 Å². The van der Waals surface area contributed by atoms with Crippen LogP contribution >= 0.6 is 0 Å². The summed E-state index contributed by atoms with van der Waals surface area (Å²) in [6.07, 6.45) is 6.63. The lowest BCUT2D eigenvalue weighted by Crippen LogP contribution is -2.23. The van der Waals surface area contributed by atoms with Crippen molar-refractivity contribution in [1.29, 1.82) is 5.26 Å². The van der Waals surface area contributed by atoms with Gasteiger partial charge in [0.15, 0.2) is 0 Å². The number of hydrogen-bond acceptors (Lipinski definition) is 3. The third kappa shape index (κ3) is 5.82. The summed E-state index contributed by atoms with van der Waals surface area (Å²) < 4.78 is 7.88. The fourth-order valence-electron chi connectivity index (χ4n) is 3.35. The number of amides is 1. The maximum absolute atomic E-state index is 12.2. The molecule has 0 aliphatic heterocycles. The van der Waals surface area contributed by atoms with Gasteiger partial charge in [0.1, 0.15) is 0 Å². The molecule has 1 N–H and O–H groups in total. The summed E-state index contributed by atoms with van der Waals surface area (Å²) in [6.45, 7) is 3.82. The maximum atomic E-state index is 12.2. The number of aryl methyl sites for hydroxylation is 1. The molecule has 5 nitrogen and oxygen atoms in total. The van der Waals surface area contributed by atoms with E-state index < -0.39 is 0 Å².